The molecule has 0 unspecified atom stereocenters. The summed E-state index contributed by atoms with van der Waals surface area (Å²) in [6.45, 7) is 2.48. The topological polar surface area (TPSA) is 88.2 Å². The zero-order valence-electron chi connectivity index (χ0n) is 15.4. The van der Waals surface area contributed by atoms with Gasteiger partial charge in [-0.25, -0.2) is 13.1 Å². The van der Waals surface area contributed by atoms with Crippen molar-refractivity contribution < 1.29 is 13.2 Å². The summed E-state index contributed by atoms with van der Waals surface area (Å²) in [5, 5.41) is 2.76. The molecule has 0 atom stereocenters. The Morgan fingerprint density at radius 3 is 2.29 bits per heavy atom. The van der Waals surface area contributed by atoms with Crippen LogP contribution in [0, 0.1) is 6.92 Å². The second-order valence-electron chi connectivity index (χ2n) is 6.34. The molecule has 1 heterocycles. The van der Waals surface area contributed by atoms with Gasteiger partial charge in [-0.05, 0) is 48.9 Å². The van der Waals surface area contributed by atoms with E-state index in [0.717, 1.165) is 16.8 Å². The Hall–Kier alpha value is -3.03. The van der Waals surface area contributed by atoms with Crippen LogP contribution in [0.15, 0.2) is 77.8 Å². The van der Waals surface area contributed by atoms with E-state index in [1.807, 2.05) is 43.3 Å². The van der Waals surface area contributed by atoms with Crippen molar-refractivity contribution in [2.45, 2.75) is 24.9 Å². The minimum atomic E-state index is -3.66. The number of carbonyl (C=O) groups is 1. The van der Waals surface area contributed by atoms with Crippen molar-refractivity contribution in [3.63, 3.8) is 0 Å². The number of hydrogen-bond acceptors (Lipinski definition) is 4. The summed E-state index contributed by atoms with van der Waals surface area (Å²) in [5.41, 5.74) is 3.12. The van der Waals surface area contributed by atoms with E-state index in [1.54, 1.807) is 12.3 Å². The zero-order valence-corrected chi connectivity index (χ0v) is 16.2. The molecule has 0 aliphatic heterocycles. The monoisotopic (exact) mass is 395 g/mol. The Bertz CT molecular complexity index is 1030. The molecule has 0 saturated carbocycles. The first-order valence-corrected chi connectivity index (χ1v) is 10.3. The van der Waals surface area contributed by atoms with Crippen LogP contribution in [-0.2, 0) is 23.1 Å². The van der Waals surface area contributed by atoms with Gasteiger partial charge in [-0.2, -0.15) is 0 Å². The number of hydrogen-bond donors (Lipinski definition) is 2. The first-order chi connectivity index (χ1) is 13.4. The molecule has 0 aliphatic rings. The highest BCUT2D eigenvalue weighted by Crippen LogP contribution is 2.12. The number of nitrogens with zero attached hydrogens (tertiary/aromatic N) is 1. The number of nitrogens with one attached hydrogen (secondary N) is 2. The minimum Gasteiger partial charge on any atom is -0.346 e. The van der Waals surface area contributed by atoms with Crippen molar-refractivity contribution in [3.05, 3.63) is 95.3 Å². The highest BCUT2D eigenvalue weighted by molar-refractivity contribution is 7.89. The van der Waals surface area contributed by atoms with Crippen LogP contribution < -0.4 is 10.0 Å². The number of aromatic nitrogens is 1. The molecule has 7 heteroatoms. The van der Waals surface area contributed by atoms with Crippen LogP contribution in [0.4, 0.5) is 0 Å². The smallest absolute Gasteiger partial charge is 0.251 e. The lowest BCUT2D eigenvalue weighted by Gasteiger charge is -2.09. The number of carbonyl (C=O) groups excluding carboxylic acids is 1. The average Bonchev–Trinajstić information content (AvgIpc) is 2.72. The molecule has 2 aromatic carbocycles. The van der Waals surface area contributed by atoms with E-state index in [9.17, 15) is 13.2 Å². The van der Waals surface area contributed by atoms with Gasteiger partial charge in [-0.3, -0.25) is 9.78 Å². The Labute approximate surface area is 164 Å². The molecular formula is C21H21N3O3S. The zero-order chi connectivity index (χ0) is 20.0. The van der Waals surface area contributed by atoms with Gasteiger partial charge in [0, 0.05) is 18.3 Å². The van der Waals surface area contributed by atoms with E-state index in [2.05, 4.69) is 15.0 Å². The normalized spacial score (nSPS) is 11.2. The summed E-state index contributed by atoms with van der Waals surface area (Å²) in [6.07, 6.45) is 1.66. The lowest BCUT2D eigenvalue weighted by Crippen LogP contribution is -2.24. The molecule has 0 radical (unpaired) electrons. The molecular weight excluding hydrogens is 374 g/mol. The van der Waals surface area contributed by atoms with Crippen LogP contribution in [0.25, 0.3) is 0 Å². The summed E-state index contributed by atoms with van der Waals surface area (Å²) >= 11 is 0. The number of rotatable bonds is 7. The average molecular weight is 395 g/mol. The molecule has 28 heavy (non-hydrogen) atoms. The minimum absolute atomic E-state index is 0.112. The van der Waals surface area contributed by atoms with Crippen LogP contribution in [0.3, 0.4) is 0 Å². The SMILES string of the molecule is Cc1ccc(CNS(=O)(=O)c2ccc(C(=O)NCc3ccccn3)cc2)cc1. The third kappa shape index (κ3) is 5.25. The molecule has 0 bridgehead atoms. The maximum atomic E-state index is 12.4. The highest BCUT2D eigenvalue weighted by atomic mass is 32.2. The van der Waals surface area contributed by atoms with Crippen LogP contribution in [-0.4, -0.2) is 19.3 Å². The summed E-state index contributed by atoms with van der Waals surface area (Å²) < 4.78 is 27.5. The molecule has 3 aromatic rings. The molecule has 1 amide bonds. The van der Waals surface area contributed by atoms with E-state index >= 15 is 0 Å². The number of aryl methyl sites for hydroxylation is 1. The molecule has 0 saturated heterocycles. The van der Waals surface area contributed by atoms with E-state index in [-0.39, 0.29) is 17.3 Å². The van der Waals surface area contributed by atoms with Crippen LogP contribution in [0.5, 0.6) is 0 Å². The van der Waals surface area contributed by atoms with Gasteiger partial charge in [0.05, 0.1) is 17.1 Å². The molecule has 0 fully saturated rings. The lowest BCUT2D eigenvalue weighted by molar-refractivity contribution is 0.0950. The van der Waals surface area contributed by atoms with E-state index < -0.39 is 10.0 Å². The Balaban J connectivity index is 1.60. The fourth-order valence-electron chi connectivity index (χ4n) is 2.53. The molecule has 0 aliphatic carbocycles. The standard InChI is InChI=1S/C21H21N3O3S/c1-16-5-7-17(8-6-16)14-24-28(26,27)20-11-9-18(10-12-20)21(25)23-15-19-4-2-3-13-22-19/h2-13,24H,14-15H2,1H3,(H,23,25). The first-order valence-electron chi connectivity index (χ1n) is 8.77. The third-order valence-corrected chi connectivity index (χ3v) is 5.59. The van der Waals surface area contributed by atoms with Crippen molar-refractivity contribution in [3.8, 4) is 0 Å². The third-order valence-electron chi connectivity index (χ3n) is 4.17. The summed E-state index contributed by atoms with van der Waals surface area (Å²) in [5.74, 6) is -0.290. The van der Waals surface area contributed by atoms with Crippen molar-refractivity contribution in [2.24, 2.45) is 0 Å². The van der Waals surface area contributed by atoms with E-state index in [0.29, 0.717) is 12.1 Å². The largest absolute Gasteiger partial charge is 0.346 e. The Kier molecular flexibility index (Phi) is 6.18. The van der Waals surface area contributed by atoms with Crippen molar-refractivity contribution in [2.75, 3.05) is 0 Å². The van der Waals surface area contributed by atoms with Gasteiger partial charge in [-0.1, -0.05) is 35.9 Å². The quantitative estimate of drug-likeness (QED) is 0.644. The van der Waals surface area contributed by atoms with Crippen LogP contribution in [0.1, 0.15) is 27.2 Å². The van der Waals surface area contributed by atoms with Gasteiger partial charge in [-0.15, -0.1) is 0 Å². The van der Waals surface area contributed by atoms with Crippen molar-refractivity contribution in [1.82, 2.24) is 15.0 Å². The fraction of sp³-hybridized carbons (Fsp3) is 0.143. The van der Waals surface area contributed by atoms with E-state index in [1.165, 1.54) is 24.3 Å². The molecule has 0 spiro atoms. The van der Waals surface area contributed by atoms with Crippen molar-refractivity contribution >= 4 is 15.9 Å². The number of amides is 1. The maximum absolute atomic E-state index is 12.4. The number of pyridine rings is 1. The van der Waals surface area contributed by atoms with Gasteiger partial charge >= 0.3 is 0 Å². The Morgan fingerprint density at radius 2 is 1.64 bits per heavy atom. The van der Waals surface area contributed by atoms with Gasteiger partial charge in [0.2, 0.25) is 10.0 Å². The first kappa shape index (κ1) is 19.7. The van der Waals surface area contributed by atoms with Gasteiger partial charge in [0.25, 0.3) is 5.91 Å². The highest BCUT2D eigenvalue weighted by Gasteiger charge is 2.15. The molecule has 2 N–H and O–H groups in total. The summed E-state index contributed by atoms with van der Waals surface area (Å²) in [6, 6.07) is 18.9. The fourth-order valence-corrected chi connectivity index (χ4v) is 3.55. The van der Waals surface area contributed by atoms with Crippen LogP contribution >= 0.6 is 0 Å². The summed E-state index contributed by atoms with van der Waals surface area (Å²) in [4.78, 5) is 16.5. The lowest BCUT2D eigenvalue weighted by atomic mass is 10.2. The molecule has 3 rings (SSSR count). The van der Waals surface area contributed by atoms with Gasteiger partial charge < -0.3 is 5.32 Å². The van der Waals surface area contributed by atoms with Crippen molar-refractivity contribution in [1.29, 1.82) is 0 Å². The predicted octanol–water partition coefficient (Wildman–Crippen LogP) is 2.80. The van der Waals surface area contributed by atoms with E-state index in [4.69, 9.17) is 0 Å². The second kappa shape index (κ2) is 8.77. The second-order valence-corrected chi connectivity index (χ2v) is 8.11. The van der Waals surface area contributed by atoms with Crippen LogP contribution in [0.2, 0.25) is 0 Å². The number of sulfonamides is 1. The maximum Gasteiger partial charge on any atom is 0.251 e. The Morgan fingerprint density at radius 1 is 0.929 bits per heavy atom. The molecule has 1 aromatic heterocycles. The number of benzene rings is 2. The molecule has 6 nitrogen and oxygen atoms in total. The predicted molar refractivity (Wildman–Crippen MR) is 107 cm³/mol. The van der Waals surface area contributed by atoms with Gasteiger partial charge in [0.1, 0.15) is 0 Å². The molecule has 144 valence electrons. The summed E-state index contributed by atoms with van der Waals surface area (Å²) in [7, 11) is -3.66. The van der Waals surface area contributed by atoms with Gasteiger partial charge in [0.15, 0.2) is 0 Å².